The standard InChI is InChI=1S/C16H18BrNO2S/c1-12-8-9-15(17)11-16(12)21(19,20)18-13(2)10-14-6-4-3-5-7-14/h3-9,11,13,18H,10H2,1-2H3. The highest BCUT2D eigenvalue weighted by Gasteiger charge is 2.19. The first-order valence-corrected chi connectivity index (χ1v) is 8.98. The first kappa shape index (κ1) is 16.2. The summed E-state index contributed by atoms with van der Waals surface area (Å²) in [6.07, 6.45) is 0.660. The molecule has 0 saturated carbocycles. The molecule has 2 rings (SSSR count). The minimum atomic E-state index is -3.51. The van der Waals surface area contributed by atoms with E-state index in [0.29, 0.717) is 11.3 Å². The normalized spacial score (nSPS) is 13.1. The molecule has 0 fully saturated rings. The van der Waals surface area contributed by atoms with E-state index in [2.05, 4.69) is 20.7 Å². The van der Waals surface area contributed by atoms with Crippen molar-refractivity contribution in [2.75, 3.05) is 0 Å². The molecule has 112 valence electrons. The van der Waals surface area contributed by atoms with Crippen LogP contribution in [0.1, 0.15) is 18.1 Å². The third-order valence-corrected chi connectivity index (χ3v) is 5.41. The zero-order valence-corrected chi connectivity index (χ0v) is 14.4. The van der Waals surface area contributed by atoms with E-state index in [1.54, 1.807) is 19.1 Å². The lowest BCUT2D eigenvalue weighted by Gasteiger charge is -2.16. The molecule has 0 aliphatic rings. The van der Waals surface area contributed by atoms with Gasteiger partial charge in [-0.15, -0.1) is 0 Å². The van der Waals surface area contributed by atoms with Gasteiger partial charge in [0.15, 0.2) is 0 Å². The van der Waals surface area contributed by atoms with Crippen molar-refractivity contribution in [3.63, 3.8) is 0 Å². The molecular formula is C16H18BrNO2S. The van der Waals surface area contributed by atoms with Crippen LogP contribution in [0, 0.1) is 6.92 Å². The van der Waals surface area contributed by atoms with Crippen molar-refractivity contribution in [3.8, 4) is 0 Å². The lowest BCUT2D eigenvalue weighted by Crippen LogP contribution is -2.34. The average Bonchev–Trinajstić information content (AvgIpc) is 2.41. The minimum absolute atomic E-state index is 0.171. The van der Waals surface area contributed by atoms with Gasteiger partial charge in [0.1, 0.15) is 0 Å². The highest BCUT2D eigenvalue weighted by molar-refractivity contribution is 9.10. The fourth-order valence-electron chi connectivity index (χ4n) is 2.20. The van der Waals surface area contributed by atoms with E-state index in [-0.39, 0.29) is 6.04 Å². The van der Waals surface area contributed by atoms with Gasteiger partial charge in [-0.25, -0.2) is 13.1 Å². The van der Waals surface area contributed by atoms with E-state index in [0.717, 1.165) is 15.6 Å². The zero-order valence-electron chi connectivity index (χ0n) is 12.0. The summed E-state index contributed by atoms with van der Waals surface area (Å²) < 4.78 is 28.4. The van der Waals surface area contributed by atoms with Crippen molar-refractivity contribution >= 4 is 26.0 Å². The molecule has 1 atom stereocenters. The molecule has 0 radical (unpaired) electrons. The van der Waals surface area contributed by atoms with Crippen molar-refractivity contribution in [2.45, 2.75) is 31.2 Å². The van der Waals surface area contributed by atoms with Crippen molar-refractivity contribution in [3.05, 3.63) is 64.1 Å². The van der Waals surface area contributed by atoms with Crippen LogP contribution in [-0.4, -0.2) is 14.5 Å². The van der Waals surface area contributed by atoms with Crippen LogP contribution in [0.3, 0.4) is 0 Å². The number of hydrogen-bond donors (Lipinski definition) is 1. The Hall–Kier alpha value is -1.17. The number of rotatable bonds is 5. The predicted molar refractivity (Wildman–Crippen MR) is 88.8 cm³/mol. The largest absolute Gasteiger partial charge is 0.241 e. The number of hydrogen-bond acceptors (Lipinski definition) is 2. The number of nitrogens with one attached hydrogen (secondary N) is 1. The van der Waals surface area contributed by atoms with Gasteiger partial charge in [0.05, 0.1) is 4.90 Å². The Kier molecular flexibility index (Phi) is 5.19. The van der Waals surface area contributed by atoms with Crippen molar-refractivity contribution in [1.82, 2.24) is 4.72 Å². The lowest BCUT2D eigenvalue weighted by atomic mass is 10.1. The summed E-state index contributed by atoms with van der Waals surface area (Å²) >= 11 is 3.32. The second kappa shape index (κ2) is 6.73. The van der Waals surface area contributed by atoms with Gasteiger partial charge in [-0.05, 0) is 43.5 Å². The van der Waals surface area contributed by atoms with Gasteiger partial charge in [0.25, 0.3) is 0 Å². The maximum atomic E-state index is 12.5. The van der Waals surface area contributed by atoms with Crippen LogP contribution in [-0.2, 0) is 16.4 Å². The number of benzene rings is 2. The molecule has 5 heteroatoms. The minimum Gasteiger partial charge on any atom is -0.208 e. The van der Waals surface area contributed by atoms with Gasteiger partial charge in [-0.1, -0.05) is 52.3 Å². The van der Waals surface area contributed by atoms with E-state index in [1.165, 1.54) is 0 Å². The SMILES string of the molecule is Cc1ccc(Br)cc1S(=O)(=O)NC(C)Cc1ccccc1. The monoisotopic (exact) mass is 367 g/mol. The first-order valence-electron chi connectivity index (χ1n) is 6.71. The molecule has 0 aliphatic heterocycles. The van der Waals surface area contributed by atoms with E-state index < -0.39 is 10.0 Å². The highest BCUT2D eigenvalue weighted by atomic mass is 79.9. The molecule has 2 aromatic carbocycles. The highest BCUT2D eigenvalue weighted by Crippen LogP contribution is 2.21. The topological polar surface area (TPSA) is 46.2 Å². The van der Waals surface area contributed by atoms with Gasteiger partial charge in [-0.3, -0.25) is 0 Å². The predicted octanol–water partition coefficient (Wildman–Crippen LogP) is 3.67. The third-order valence-electron chi connectivity index (χ3n) is 3.18. The van der Waals surface area contributed by atoms with E-state index in [1.807, 2.05) is 43.3 Å². The molecule has 1 unspecified atom stereocenters. The van der Waals surface area contributed by atoms with Gasteiger partial charge in [-0.2, -0.15) is 0 Å². The van der Waals surface area contributed by atoms with Crippen LogP contribution in [0.15, 0.2) is 57.9 Å². The Morgan fingerprint density at radius 1 is 1.14 bits per heavy atom. The Labute approximate surface area is 134 Å². The van der Waals surface area contributed by atoms with Gasteiger partial charge in [0, 0.05) is 10.5 Å². The molecule has 0 bridgehead atoms. The summed E-state index contributed by atoms with van der Waals surface area (Å²) in [5.41, 5.74) is 1.84. The summed E-state index contributed by atoms with van der Waals surface area (Å²) in [6.45, 7) is 3.67. The molecule has 0 spiro atoms. The number of sulfonamides is 1. The molecule has 0 saturated heterocycles. The maximum Gasteiger partial charge on any atom is 0.241 e. The summed E-state index contributed by atoms with van der Waals surface area (Å²) in [5.74, 6) is 0. The molecule has 0 aliphatic carbocycles. The lowest BCUT2D eigenvalue weighted by molar-refractivity contribution is 0.559. The molecule has 0 heterocycles. The molecule has 1 N–H and O–H groups in total. The molecule has 2 aromatic rings. The Bertz CT molecular complexity index is 714. The molecule has 21 heavy (non-hydrogen) atoms. The fourth-order valence-corrected chi connectivity index (χ4v) is 4.23. The molecular weight excluding hydrogens is 350 g/mol. The van der Waals surface area contributed by atoms with E-state index in [9.17, 15) is 8.42 Å². The summed E-state index contributed by atoms with van der Waals surface area (Å²) in [4.78, 5) is 0.316. The molecule has 0 amide bonds. The Balaban J connectivity index is 2.15. The molecule has 0 aromatic heterocycles. The van der Waals surface area contributed by atoms with Crippen LogP contribution < -0.4 is 4.72 Å². The second-order valence-corrected chi connectivity index (χ2v) is 7.72. The van der Waals surface area contributed by atoms with Crippen LogP contribution in [0.5, 0.6) is 0 Å². The van der Waals surface area contributed by atoms with Crippen molar-refractivity contribution < 1.29 is 8.42 Å². The van der Waals surface area contributed by atoms with Gasteiger partial charge in [0.2, 0.25) is 10.0 Å². The van der Waals surface area contributed by atoms with Crippen molar-refractivity contribution in [1.29, 1.82) is 0 Å². The third kappa shape index (κ3) is 4.40. The first-order chi connectivity index (χ1) is 9.88. The summed E-state index contributed by atoms with van der Waals surface area (Å²) in [6, 6.07) is 14.9. The van der Waals surface area contributed by atoms with Crippen LogP contribution >= 0.6 is 15.9 Å². The smallest absolute Gasteiger partial charge is 0.208 e. The van der Waals surface area contributed by atoms with E-state index >= 15 is 0 Å². The average molecular weight is 368 g/mol. The van der Waals surface area contributed by atoms with Crippen molar-refractivity contribution in [2.24, 2.45) is 0 Å². The maximum absolute atomic E-state index is 12.5. The molecule has 3 nitrogen and oxygen atoms in total. The summed E-state index contributed by atoms with van der Waals surface area (Å²) in [7, 11) is -3.51. The van der Waals surface area contributed by atoms with Crippen LogP contribution in [0.25, 0.3) is 0 Å². The van der Waals surface area contributed by atoms with Crippen LogP contribution in [0.2, 0.25) is 0 Å². The quantitative estimate of drug-likeness (QED) is 0.876. The summed E-state index contributed by atoms with van der Waals surface area (Å²) in [5, 5.41) is 0. The number of halogens is 1. The second-order valence-electron chi connectivity index (χ2n) is 5.12. The Morgan fingerprint density at radius 2 is 1.81 bits per heavy atom. The van der Waals surface area contributed by atoms with E-state index in [4.69, 9.17) is 0 Å². The van der Waals surface area contributed by atoms with Gasteiger partial charge >= 0.3 is 0 Å². The number of aryl methyl sites for hydroxylation is 1. The zero-order chi connectivity index (χ0) is 15.5. The van der Waals surface area contributed by atoms with Crippen LogP contribution in [0.4, 0.5) is 0 Å². The van der Waals surface area contributed by atoms with Gasteiger partial charge < -0.3 is 0 Å². The Morgan fingerprint density at radius 3 is 2.48 bits per heavy atom. The fraction of sp³-hybridized carbons (Fsp3) is 0.250.